The number of para-hydroxylation sites is 1. The van der Waals surface area contributed by atoms with Gasteiger partial charge in [-0.15, -0.1) is 0 Å². The Morgan fingerprint density at radius 1 is 1.22 bits per heavy atom. The van der Waals surface area contributed by atoms with Crippen LogP contribution in [-0.4, -0.2) is 45.1 Å². The maximum absolute atomic E-state index is 12.1. The molecule has 0 fully saturated rings. The van der Waals surface area contributed by atoms with E-state index in [0.29, 0.717) is 23.6 Å². The second-order valence-corrected chi connectivity index (χ2v) is 7.46. The van der Waals surface area contributed by atoms with E-state index in [0.717, 1.165) is 10.6 Å². The summed E-state index contributed by atoms with van der Waals surface area (Å²) in [4.78, 5) is 12.1. The van der Waals surface area contributed by atoms with E-state index in [1.54, 1.807) is 42.5 Å². The molecule has 0 spiro atoms. The molecule has 0 radical (unpaired) electrons. The van der Waals surface area contributed by atoms with Gasteiger partial charge in [0.2, 0.25) is 10.0 Å². The summed E-state index contributed by atoms with van der Waals surface area (Å²) in [5, 5.41) is 13.4. The third-order valence-electron chi connectivity index (χ3n) is 3.45. The molecule has 144 valence electrons. The van der Waals surface area contributed by atoms with Crippen molar-refractivity contribution in [2.75, 3.05) is 23.7 Å². The molecule has 0 aliphatic heterocycles. The monoisotopic (exact) mass is 391 g/mol. The zero-order chi connectivity index (χ0) is 19.9. The van der Waals surface area contributed by atoms with Gasteiger partial charge < -0.3 is 9.84 Å². The molecule has 8 nitrogen and oxygen atoms in total. The molecule has 2 aromatic carbocycles. The van der Waals surface area contributed by atoms with E-state index >= 15 is 0 Å². The van der Waals surface area contributed by atoms with Crippen LogP contribution in [0.15, 0.2) is 53.6 Å². The zero-order valence-corrected chi connectivity index (χ0v) is 15.8. The van der Waals surface area contributed by atoms with E-state index in [4.69, 9.17) is 4.74 Å². The summed E-state index contributed by atoms with van der Waals surface area (Å²) in [5.41, 5.74) is 3.01. The SMILES string of the molecule is CCOc1ccc(N(CC(=O)N/N=C\c2ccccc2O)S(C)(=O)=O)cc1. The van der Waals surface area contributed by atoms with Gasteiger partial charge in [0, 0.05) is 5.56 Å². The number of aromatic hydroxyl groups is 1. The first kappa shape index (κ1) is 20.2. The first-order valence-electron chi connectivity index (χ1n) is 8.11. The predicted molar refractivity (Wildman–Crippen MR) is 104 cm³/mol. The molecule has 0 saturated heterocycles. The largest absolute Gasteiger partial charge is 0.507 e. The lowest BCUT2D eigenvalue weighted by atomic mass is 10.2. The van der Waals surface area contributed by atoms with E-state index in [1.165, 1.54) is 12.3 Å². The Balaban J connectivity index is 2.07. The van der Waals surface area contributed by atoms with Crippen molar-refractivity contribution < 1.29 is 23.1 Å². The second kappa shape index (κ2) is 9.04. The highest BCUT2D eigenvalue weighted by Gasteiger charge is 2.20. The molecule has 2 N–H and O–H groups in total. The first-order chi connectivity index (χ1) is 12.8. The molecule has 0 aliphatic carbocycles. The molecular formula is C18H21N3O5S. The number of hydrogen-bond donors (Lipinski definition) is 2. The number of benzene rings is 2. The number of hydrazone groups is 1. The Labute approximate surface area is 158 Å². The number of carbonyl (C=O) groups is 1. The lowest BCUT2D eigenvalue weighted by Gasteiger charge is -2.21. The van der Waals surface area contributed by atoms with Gasteiger partial charge in [0.05, 0.1) is 24.8 Å². The molecule has 2 aromatic rings. The number of nitrogens with zero attached hydrogens (tertiary/aromatic N) is 2. The van der Waals surface area contributed by atoms with Crippen molar-refractivity contribution >= 4 is 27.8 Å². The van der Waals surface area contributed by atoms with E-state index in [9.17, 15) is 18.3 Å². The van der Waals surface area contributed by atoms with Crippen molar-refractivity contribution in [1.82, 2.24) is 5.43 Å². The van der Waals surface area contributed by atoms with Crippen molar-refractivity contribution in [2.24, 2.45) is 5.10 Å². The van der Waals surface area contributed by atoms with E-state index < -0.39 is 22.5 Å². The van der Waals surface area contributed by atoms with Gasteiger partial charge in [-0.05, 0) is 43.3 Å². The number of hydrogen-bond acceptors (Lipinski definition) is 6. The number of anilines is 1. The van der Waals surface area contributed by atoms with Gasteiger partial charge in [0.25, 0.3) is 5.91 Å². The topological polar surface area (TPSA) is 108 Å². The standard InChI is InChI=1S/C18H21N3O5S/c1-3-26-16-10-8-15(9-11-16)21(27(2,24)25)13-18(23)20-19-12-14-6-4-5-7-17(14)22/h4-12,22H,3,13H2,1-2H3,(H,20,23)/b19-12-. The van der Waals surface area contributed by atoms with Crippen LogP contribution < -0.4 is 14.5 Å². The van der Waals surface area contributed by atoms with Crippen LogP contribution in [0.3, 0.4) is 0 Å². The van der Waals surface area contributed by atoms with Crippen LogP contribution in [-0.2, 0) is 14.8 Å². The van der Waals surface area contributed by atoms with Crippen molar-refractivity contribution in [3.63, 3.8) is 0 Å². The zero-order valence-electron chi connectivity index (χ0n) is 15.0. The van der Waals surface area contributed by atoms with Crippen molar-refractivity contribution in [2.45, 2.75) is 6.92 Å². The minimum atomic E-state index is -3.68. The first-order valence-corrected chi connectivity index (χ1v) is 9.96. The normalized spacial score (nSPS) is 11.3. The summed E-state index contributed by atoms with van der Waals surface area (Å²) < 4.78 is 30.4. The highest BCUT2D eigenvalue weighted by molar-refractivity contribution is 7.92. The van der Waals surface area contributed by atoms with Crippen molar-refractivity contribution in [3.8, 4) is 11.5 Å². The number of phenols is 1. The van der Waals surface area contributed by atoms with Crippen LogP contribution in [0.25, 0.3) is 0 Å². The molecule has 0 aromatic heterocycles. The highest BCUT2D eigenvalue weighted by Crippen LogP contribution is 2.21. The predicted octanol–water partition coefficient (Wildman–Crippen LogP) is 1.71. The smallest absolute Gasteiger partial charge is 0.260 e. The van der Waals surface area contributed by atoms with Gasteiger partial charge in [-0.3, -0.25) is 9.10 Å². The average molecular weight is 391 g/mol. The summed E-state index contributed by atoms with van der Waals surface area (Å²) in [6, 6.07) is 12.9. The number of nitrogens with one attached hydrogen (secondary N) is 1. The molecule has 9 heteroatoms. The van der Waals surface area contributed by atoms with Crippen LogP contribution >= 0.6 is 0 Å². The van der Waals surface area contributed by atoms with Crippen LogP contribution in [0, 0.1) is 0 Å². The summed E-state index contributed by atoms with van der Waals surface area (Å²) >= 11 is 0. The number of sulfonamides is 1. The summed E-state index contributed by atoms with van der Waals surface area (Å²) in [6.07, 6.45) is 2.29. The Hall–Kier alpha value is -3.07. The lowest BCUT2D eigenvalue weighted by molar-refractivity contribution is -0.119. The fraction of sp³-hybridized carbons (Fsp3) is 0.222. The van der Waals surface area contributed by atoms with E-state index in [-0.39, 0.29) is 5.75 Å². The molecule has 0 heterocycles. The molecule has 2 rings (SSSR count). The summed E-state index contributed by atoms with van der Waals surface area (Å²) in [6.45, 7) is 1.90. The number of amides is 1. The minimum Gasteiger partial charge on any atom is -0.507 e. The van der Waals surface area contributed by atoms with Crippen molar-refractivity contribution in [1.29, 1.82) is 0 Å². The summed E-state index contributed by atoms with van der Waals surface area (Å²) in [7, 11) is -3.68. The third kappa shape index (κ3) is 6.00. The molecular weight excluding hydrogens is 370 g/mol. The van der Waals surface area contributed by atoms with Crippen molar-refractivity contribution in [3.05, 3.63) is 54.1 Å². The Morgan fingerprint density at radius 2 is 1.89 bits per heavy atom. The van der Waals surface area contributed by atoms with Crippen LogP contribution in [0.5, 0.6) is 11.5 Å². The number of ether oxygens (including phenoxy) is 1. The average Bonchev–Trinajstić information content (AvgIpc) is 2.61. The maximum Gasteiger partial charge on any atom is 0.260 e. The maximum atomic E-state index is 12.1. The lowest BCUT2D eigenvalue weighted by Crippen LogP contribution is -2.39. The Morgan fingerprint density at radius 3 is 2.48 bits per heavy atom. The molecule has 0 bridgehead atoms. The van der Waals surface area contributed by atoms with Gasteiger partial charge in [0.15, 0.2) is 0 Å². The molecule has 0 atom stereocenters. The van der Waals surface area contributed by atoms with Gasteiger partial charge in [-0.1, -0.05) is 12.1 Å². The molecule has 0 aliphatic rings. The Kier molecular flexibility index (Phi) is 6.78. The summed E-state index contributed by atoms with van der Waals surface area (Å²) in [5.74, 6) is -0.00458. The van der Waals surface area contributed by atoms with Gasteiger partial charge in [0.1, 0.15) is 18.0 Å². The highest BCUT2D eigenvalue weighted by atomic mass is 32.2. The number of rotatable bonds is 8. The van der Waals surface area contributed by atoms with Gasteiger partial charge in [-0.25, -0.2) is 13.8 Å². The van der Waals surface area contributed by atoms with E-state index in [1.807, 2.05) is 6.92 Å². The fourth-order valence-electron chi connectivity index (χ4n) is 2.21. The van der Waals surface area contributed by atoms with Crippen LogP contribution in [0.2, 0.25) is 0 Å². The van der Waals surface area contributed by atoms with Gasteiger partial charge >= 0.3 is 0 Å². The molecule has 27 heavy (non-hydrogen) atoms. The number of phenolic OH excluding ortho intramolecular Hbond substituents is 1. The number of carbonyl (C=O) groups excluding carboxylic acids is 1. The second-order valence-electron chi connectivity index (χ2n) is 5.55. The quantitative estimate of drug-likeness (QED) is 0.526. The van der Waals surface area contributed by atoms with E-state index in [2.05, 4.69) is 10.5 Å². The molecule has 0 saturated carbocycles. The molecule has 1 amide bonds. The molecule has 0 unspecified atom stereocenters. The van der Waals surface area contributed by atoms with Crippen LogP contribution in [0.1, 0.15) is 12.5 Å². The Bertz CT molecular complexity index is 911. The third-order valence-corrected chi connectivity index (χ3v) is 4.59. The van der Waals surface area contributed by atoms with Gasteiger partial charge in [-0.2, -0.15) is 5.10 Å². The minimum absolute atomic E-state index is 0.0163. The van der Waals surface area contributed by atoms with Crippen LogP contribution in [0.4, 0.5) is 5.69 Å². The fourth-order valence-corrected chi connectivity index (χ4v) is 3.07.